The highest BCUT2D eigenvalue weighted by atomic mass is 16.6. The quantitative estimate of drug-likeness (QED) is 0.194. The fourth-order valence-electron chi connectivity index (χ4n) is 8.09. The van der Waals surface area contributed by atoms with Crippen molar-refractivity contribution in [2.75, 3.05) is 19.8 Å². The van der Waals surface area contributed by atoms with Crippen LogP contribution in [0.4, 0.5) is 0 Å². The largest absolute Gasteiger partial charge is 0.465 e. The van der Waals surface area contributed by atoms with Gasteiger partial charge in [0, 0.05) is 12.1 Å². The summed E-state index contributed by atoms with van der Waals surface area (Å²) in [5, 5.41) is 10.5. The van der Waals surface area contributed by atoms with Gasteiger partial charge in [-0.25, -0.2) is 0 Å². The molecule has 1 spiro atoms. The molecule has 1 N–H and O–H groups in total. The molecule has 2 amide bonds. The first-order chi connectivity index (χ1) is 18.9. The minimum atomic E-state index is -1.20. The molecule has 232 valence electrons. The van der Waals surface area contributed by atoms with Gasteiger partial charge in [-0.3, -0.25) is 14.4 Å². The molecule has 3 heterocycles. The van der Waals surface area contributed by atoms with Gasteiger partial charge in [-0.2, -0.15) is 0 Å². The number of nitrogens with zero attached hydrogens (tertiary/aromatic N) is 2. The number of esters is 1. The number of ether oxygens (including phenoxy) is 2. The van der Waals surface area contributed by atoms with Crippen LogP contribution in [0.15, 0.2) is 25.3 Å². The van der Waals surface area contributed by atoms with Gasteiger partial charge in [0.25, 0.3) is 0 Å². The summed E-state index contributed by atoms with van der Waals surface area (Å²) in [5.41, 5.74) is -2.77. The maximum Gasteiger partial charge on any atom is 0.312 e. The van der Waals surface area contributed by atoms with Gasteiger partial charge in [-0.1, -0.05) is 53.7 Å². The number of hydrogen-bond acceptors (Lipinski definition) is 6. The summed E-state index contributed by atoms with van der Waals surface area (Å²) in [6, 6.07) is -1.59. The van der Waals surface area contributed by atoms with E-state index >= 15 is 0 Å². The molecule has 0 aliphatic carbocycles. The molecule has 0 radical (unpaired) electrons. The number of aliphatic hydroxyl groups is 1. The Morgan fingerprint density at radius 3 is 2.37 bits per heavy atom. The lowest BCUT2D eigenvalue weighted by Gasteiger charge is -2.47. The summed E-state index contributed by atoms with van der Waals surface area (Å²) in [4.78, 5) is 46.5. The van der Waals surface area contributed by atoms with Gasteiger partial charge in [-0.05, 0) is 63.7 Å². The van der Waals surface area contributed by atoms with Crippen molar-refractivity contribution in [1.82, 2.24) is 9.80 Å². The SMILES string of the molecule is C=CCCCOC(=O)[C@H]1[C@H]2C(=O)N([C@@H](CO)C(C)C)C(C(=O)N(CC=C)C(C)(C)CC(C)(C)C)C23CC(C)[C@]1(C)O3. The Bertz CT molecular complexity index is 1030. The molecule has 7 atom stereocenters. The van der Waals surface area contributed by atoms with Gasteiger partial charge in [0.15, 0.2) is 0 Å². The number of aliphatic hydroxyl groups excluding tert-OH is 1. The van der Waals surface area contributed by atoms with E-state index in [4.69, 9.17) is 9.47 Å². The van der Waals surface area contributed by atoms with Gasteiger partial charge < -0.3 is 24.4 Å². The summed E-state index contributed by atoms with van der Waals surface area (Å²) in [7, 11) is 0. The van der Waals surface area contributed by atoms with Crippen LogP contribution < -0.4 is 0 Å². The number of amides is 2. The number of unbranched alkanes of at least 4 members (excludes halogenated alkanes) is 1. The predicted octanol–water partition coefficient (Wildman–Crippen LogP) is 4.75. The van der Waals surface area contributed by atoms with E-state index in [1.807, 2.05) is 46.4 Å². The zero-order valence-electron chi connectivity index (χ0n) is 26.9. The Morgan fingerprint density at radius 2 is 1.85 bits per heavy atom. The lowest BCUT2D eigenvalue weighted by molar-refractivity contribution is -0.165. The minimum Gasteiger partial charge on any atom is -0.465 e. The number of carbonyl (C=O) groups is 3. The van der Waals surface area contributed by atoms with Crippen molar-refractivity contribution in [3.63, 3.8) is 0 Å². The van der Waals surface area contributed by atoms with Gasteiger partial charge in [-0.15, -0.1) is 13.2 Å². The maximum atomic E-state index is 14.9. The van der Waals surface area contributed by atoms with E-state index in [-0.39, 0.29) is 42.3 Å². The second-order valence-corrected chi connectivity index (χ2v) is 14.8. The number of likely N-dealkylation sites (tertiary alicyclic amines) is 1. The van der Waals surface area contributed by atoms with Gasteiger partial charge in [0.1, 0.15) is 17.6 Å². The highest BCUT2D eigenvalue weighted by Gasteiger charge is 2.81. The van der Waals surface area contributed by atoms with E-state index in [2.05, 4.69) is 33.9 Å². The van der Waals surface area contributed by atoms with Crippen LogP contribution in [0, 0.1) is 29.1 Å². The van der Waals surface area contributed by atoms with Crippen molar-refractivity contribution in [1.29, 1.82) is 0 Å². The summed E-state index contributed by atoms with van der Waals surface area (Å²) in [6.07, 6.45) is 6.04. The van der Waals surface area contributed by atoms with Crippen LogP contribution in [-0.2, 0) is 23.9 Å². The smallest absolute Gasteiger partial charge is 0.312 e. The first-order valence-electron chi connectivity index (χ1n) is 15.3. The van der Waals surface area contributed by atoms with Crippen LogP contribution in [0.2, 0.25) is 0 Å². The van der Waals surface area contributed by atoms with Gasteiger partial charge in [0.05, 0.1) is 30.8 Å². The third kappa shape index (κ3) is 5.75. The lowest BCUT2D eigenvalue weighted by Crippen LogP contribution is -2.63. The Labute approximate surface area is 247 Å². The van der Waals surface area contributed by atoms with Crippen molar-refractivity contribution < 1.29 is 29.0 Å². The highest BCUT2D eigenvalue weighted by molar-refractivity contribution is 5.99. The monoisotopic (exact) mass is 574 g/mol. The molecule has 3 saturated heterocycles. The molecule has 3 unspecified atom stereocenters. The fraction of sp³-hybridized carbons (Fsp3) is 0.788. The van der Waals surface area contributed by atoms with Crippen molar-refractivity contribution in [3.8, 4) is 0 Å². The average Bonchev–Trinajstić information content (AvgIpc) is 3.35. The molecule has 41 heavy (non-hydrogen) atoms. The van der Waals surface area contributed by atoms with E-state index in [9.17, 15) is 19.5 Å². The summed E-state index contributed by atoms with van der Waals surface area (Å²) in [5.74, 6) is -2.93. The molecule has 0 aromatic rings. The Kier molecular flexibility index (Phi) is 9.61. The third-order valence-corrected chi connectivity index (χ3v) is 9.62. The van der Waals surface area contributed by atoms with E-state index in [0.717, 1.165) is 12.8 Å². The number of fused-ring (bicyclic) bond motifs is 1. The number of allylic oxidation sites excluding steroid dienone is 1. The van der Waals surface area contributed by atoms with E-state index in [1.54, 1.807) is 17.1 Å². The van der Waals surface area contributed by atoms with E-state index in [1.165, 1.54) is 0 Å². The van der Waals surface area contributed by atoms with E-state index in [0.29, 0.717) is 19.4 Å². The van der Waals surface area contributed by atoms with Crippen LogP contribution >= 0.6 is 0 Å². The molecule has 8 heteroatoms. The molecule has 2 bridgehead atoms. The van der Waals surface area contributed by atoms with E-state index < -0.39 is 46.6 Å². The standard InChI is InChI=1S/C33H54N2O6/c1-12-14-15-17-40-29(39)25-24-27(37)35(23(19-36)21(3)4)26(33(24)18-22(5)32(25,11)41-33)28(38)34(16-13-2)31(9,10)20-30(6,7)8/h12-13,21-26,36H,1-2,14-20H2,3-11H3/t22?,23-,24-,25+,26?,32-,33?/m0/s1. The summed E-state index contributed by atoms with van der Waals surface area (Å²) >= 11 is 0. The van der Waals surface area contributed by atoms with Crippen LogP contribution in [0.5, 0.6) is 0 Å². The van der Waals surface area contributed by atoms with Crippen LogP contribution in [0.25, 0.3) is 0 Å². The Balaban J connectivity index is 2.16. The molecule has 3 aliphatic rings. The van der Waals surface area contributed by atoms with Crippen molar-refractivity contribution >= 4 is 17.8 Å². The maximum absolute atomic E-state index is 14.9. The number of carbonyl (C=O) groups excluding carboxylic acids is 3. The second-order valence-electron chi connectivity index (χ2n) is 14.8. The van der Waals surface area contributed by atoms with Crippen molar-refractivity contribution in [3.05, 3.63) is 25.3 Å². The first kappa shape index (κ1) is 33.3. The molecule has 0 aromatic carbocycles. The van der Waals surface area contributed by atoms with Crippen LogP contribution in [-0.4, -0.2) is 81.3 Å². The molecule has 0 aromatic heterocycles. The fourth-order valence-corrected chi connectivity index (χ4v) is 8.09. The Hall–Kier alpha value is -2.19. The molecule has 8 nitrogen and oxygen atoms in total. The van der Waals surface area contributed by atoms with Crippen molar-refractivity contribution in [2.24, 2.45) is 29.1 Å². The lowest BCUT2D eigenvalue weighted by atomic mass is 9.62. The molecular weight excluding hydrogens is 520 g/mol. The van der Waals surface area contributed by atoms with Crippen LogP contribution in [0.1, 0.15) is 88.0 Å². The normalized spacial score (nSPS) is 31.8. The topological polar surface area (TPSA) is 96.4 Å². The molecule has 3 aliphatic heterocycles. The molecule has 0 saturated carbocycles. The first-order valence-corrected chi connectivity index (χ1v) is 15.3. The summed E-state index contributed by atoms with van der Waals surface area (Å²) in [6.45, 7) is 26.2. The summed E-state index contributed by atoms with van der Waals surface area (Å²) < 4.78 is 12.6. The van der Waals surface area contributed by atoms with Gasteiger partial charge >= 0.3 is 5.97 Å². The van der Waals surface area contributed by atoms with Crippen LogP contribution in [0.3, 0.4) is 0 Å². The number of hydrogen-bond donors (Lipinski definition) is 1. The molecule has 3 fully saturated rings. The average molecular weight is 575 g/mol. The molecular formula is C33H54N2O6. The van der Waals surface area contributed by atoms with Gasteiger partial charge in [0.2, 0.25) is 11.8 Å². The predicted molar refractivity (Wildman–Crippen MR) is 160 cm³/mol. The second kappa shape index (κ2) is 11.8. The minimum absolute atomic E-state index is 0.0640. The third-order valence-electron chi connectivity index (χ3n) is 9.62. The molecule has 3 rings (SSSR count). The number of rotatable bonds is 13. The zero-order valence-corrected chi connectivity index (χ0v) is 26.9. The zero-order chi connectivity index (χ0) is 31.1. The highest BCUT2D eigenvalue weighted by Crippen LogP contribution is 2.66. The Morgan fingerprint density at radius 1 is 1.22 bits per heavy atom. The van der Waals surface area contributed by atoms with Crippen molar-refractivity contribution in [2.45, 2.75) is 117 Å².